The summed E-state index contributed by atoms with van der Waals surface area (Å²) in [5.41, 5.74) is 6.38. The van der Waals surface area contributed by atoms with Crippen LogP contribution in [0.3, 0.4) is 0 Å². The van der Waals surface area contributed by atoms with Gasteiger partial charge in [-0.1, -0.05) is 27.7 Å². The van der Waals surface area contributed by atoms with Gasteiger partial charge in [-0.15, -0.1) is 0 Å². The molecule has 0 aliphatic heterocycles. The molecule has 0 heterocycles. The van der Waals surface area contributed by atoms with Crippen LogP contribution in [0.5, 0.6) is 11.5 Å². The van der Waals surface area contributed by atoms with Crippen molar-refractivity contribution in [1.82, 2.24) is 0 Å². The van der Waals surface area contributed by atoms with Crippen molar-refractivity contribution in [2.45, 2.75) is 67.2 Å². The molecule has 0 radical (unpaired) electrons. The largest absolute Gasteiger partial charge is 0.508 e. The molecule has 0 aromatic heterocycles. The van der Waals surface area contributed by atoms with E-state index in [2.05, 4.69) is 0 Å². The van der Waals surface area contributed by atoms with Gasteiger partial charge in [0.1, 0.15) is 11.5 Å². The molecule has 3 nitrogen and oxygen atoms in total. The first-order chi connectivity index (χ1) is 12.0. The molecule has 0 aliphatic rings. The Bertz CT molecular complexity index is 802. The standard InChI is InChI=1S/C23H30O3/c1-11(2)21-15(7)13(5)17(9-19(21)24)23(26)18-10-20(25)22(12(3)4)16(8)14(18)6/h9-12,24-25H,1-8H3. The monoisotopic (exact) mass is 354 g/mol. The molecule has 0 saturated heterocycles. The zero-order valence-electron chi connectivity index (χ0n) is 17.1. The van der Waals surface area contributed by atoms with Crippen LogP contribution in [0.1, 0.15) is 88.8 Å². The highest BCUT2D eigenvalue weighted by atomic mass is 16.3. The van der Waals surface area contributed by atoms with E-state index in [9.17, 15) is 15.0 Å². The van der Waals surface area contributed by atoms with Gasteiger partial charge in [0.25, 0.3) is 0 Å². The fraction of sp³-hybridized carbons (Fsp3) is 0.435. The van der Waals surface area contributed by atoms with Crippen molar-refractivity contribution in [3.8, 4) is 11.5 Å². The van der Waals surface area contributed by atoms with Crippen LogP contribution in [0.15, 0.2) is 12.1 Å². The smallest absolute Gasteiger partial charge is 0.193 e. The zero-order valence-corrected chi connectivity index (χ0v) is 17.1. The lowest BCUT2D eigenvalue weighted by Gasteiger charge is -2.20. The van der Waals surface area contributed by atoms with E-state index in [4.69, 9.17) is 0 Å². The summed E-state index contributed by atoms with van der Waals surface area (Å²) in [6, 6.07) is 3.14. The van der Waals surface area contributed by atoms with Crippen molar-refractivity contribution in [3.63, 3.8) is 0 Å². The average Bonchev–Trinajstić information content (AvgIpc) is 2.53. The number of hydrogen-bond donors (Lipinski definition) is 2. The predicted octanol–water partition coefficient (Wildman–Crippen LogP) is 5.81. The molecule has 26 heavy (non-hydrogen) atoms. The maximum Gasteiger partial charge on any atom is 0.193 e. The van der Waals surface area contributed by atoms with Crippen molar-refractivity contribution >= 4 is 5.78 Å². The summed E-state index contributed by atoms with van der Waals surface area (Å²) in [5.74, 6) is 0.502. The minimum absolute atomic E-state index is 0.156. The lowest BCUT2D eigenvalue weighted by Crippen LogP contribution is -2.11. The maximum atomic E-state index is 13.2. The fourth-order valence-electron chi connectivity index (χ4n) is 3.91. The first-order valence-electron chi connectivity index (χ1n) is 9.19. The van der Waals surface area contributed by atoms with E-state index in [1.807, 2.05) is 55.4 Å². The van der Waals surface area contributed by atoms with Gasteiger partial charge in [0.05, 0.1) is 0 Å². The Morgan fingerprint density at radius 2 is 1.00 bits per heavy atom. The van der Waals surface area contributed by atoms with Crippen molar-refractivity contribution < 1.29 is 15.0 Å². The molecule has 2 rings (SSSR count). The van der Waals surface area contributed by atoms with Crippen LogP contribution < -0.4 is 0 Å². The van der Waals surface area contributed by atoms with Gasteiger partial charge in [0.15, 0.2) is 5.78 Å². The van der Waals surface area contributed by atoms with Crippen LogP contribution in [0, 0.1) is 27.7 Å². The Balaban J connectivity index is 2.68. The Morgan fingerprint density at radius 1 is 0.692 bits per heavy atom. The van der Waals surface area contributed by atoms with Gasteiger partial charge in [-0.2, -0.15) is 0 Å². The highest BCUT2D eigenvalue weighted by Gasteiger charge is 2.23. The van der Waals surface area contributed by atoms with Crippen LogP contribution >= 0.6 is 0 Å². The van der Waals surface area contributed by atoms with E-state index < -0.39 is 0 Å². The van der Waals surface area contributed by atoms with Crippen molar-refractivity contribution in [2.24, 2.45) is 0 Å². The molecule has 2 N–H and O–H groups in total. The van der Waals surface area contributed by atoms with Gasteiger partial charge in [-0.25, -0.2) is 0 Å². The minimum Gasteiger partial charge on any atom is -0.508 e. The minimum atomic E-state index is -0.164. The molecule has 0 unspecified atom stereocenters. The third-order valence-electron chi connectivity index (χ3n) is 5.50. The molecule has 3 heteroatoms. The van der Waals surface area contributed by atoms with Crippen LogP contribution in [0.2, 0.25) is 0 Å². The average molecular weight is 354 g/mol. The van der Waals surface area contributed by atoms with Gasteiger partial charge in [0.2, 0.25) is 0 Å². The summed E-state index contributed by atoms with van der Waals surface area (Å²) in [5, 5.41) is 20.9. The van der Waals surface area contributed by atoms with E-state index in [0.29, 0.717) is 11.1 Å². The molecule has 2 aromatic rings. The van der Waals surface area contributed by atoms with Crippen molar-refractivity contribution in [2.75, 3.05) is 0 Å². The topological polar surface area (TPSA) is 57.5 Å². The number of phenolic OH excluding ortho intramolecular Hbond substituents is 2. The first-order valence-corrected chi connectivity index (χ1v) is 9.19. The number of carbonyl (C=O) groups is 1. The molecular formula is C23H30O3. The molecule has 0 bridgehead atoms. The number of aromatic hydroxyl groups is 2. The lowest BCUT2D eigenvalue weighted by molar-refractivity contribution is 0.103. The molecule has 0 fully saturated rings. The Hall–Kier alpha value is -2.29. The second-order valence-corrected chi connectivity index (χ2v) is 7.85. The van der Waals surface area contributed by atoms with Gasteiger partial charge in [0, 0.05) is 11.1 Å². The molecule has 0 aliphatic carbocycles. The van der Waals surface area contributed by atoms with E-state index in [-0.39, 0.29) is 29.1 Å². The third-order valence-corrected chi connectivity index (χ3v) is 5.50. The second-order valence-electron chi connectivity index (χ2n) is 7.85. The Morgan fingerprint density at radius 3 is 1.27 bits per heavy atom. The van der Waals surface area contributed by atoms with Crippen LogP contribution in [-0.4, -0.2) is 16.0 Å². The third kappa shape index (κ3) is 3.23. The maximum absolute atomic E-state index is 13.2. The Kier molecular flexibility index (Phi) is 5.50. The number of hydrogen-bond acceptors (Lipinski definition) is 3. The van der Waals surface area contributed by atoms with E-state index in [1.54, 1.807) is 12.1 Å². The van der Waals surface area contributed by atoms with E-state index in [1.165, 1.54) is 0 Å². The normalized spacial score (nSPS) is 11.5. The molecule has 140 valence electrons. The van der Waals surface area contributed by atoms with E-state index in [0.717, 1.165) is 33.4 Å². The molecule has 0 spiro atoms. The van der Waals surface area contributed by atoms with Crippen molar-refractivity contribution in [1.29, 1.82) is 0 Å². The fourth-order valence-corrected chi connectivity index (χ4v) is 3.91. The van der Waals surface area contributed by atoms with Crippen LogP contribution in [0.25, 0.3) is 0 Å². The summed E-state index contributed by atoms with van der Waals surface area (Å²) < 4.78 is 0. The number of benzene rings is 2. The summed E-state index contributed by atoms with van der Waals surface area (Å²) in [6.07, 6.45) is 0. The quantitative estimate of drug-likeness (QED) is 0.681. The van der Waals surface area contributed by atoms with Crippen LogP contribution in [-0.2, 0) is 0 Å². The summed E-state index contributed by atoms with van der Waals surface area (Å²) >= 11 is 0. The summed E-state index contributed by atoms with van der Waals surface area (Å²) in [6.45, 7) is 15.8. The summed E-state index contributed by atoms with van der Waals surface area (Å²) in [7, 11) is 0. The van der Waals surface area contributed by atoms with Gasteiger partial charge in [-0.05, 0) is 85.0 Å². The lowest BCUT2D eigenvalue weighted by atomic mass is 9.85. The summed E-state index contributed by atoms with van der Waals surface area (Å²) in [4.78, 5) is 13.2. The predicted molar refractivity (Wildman–Crippen MR) is 107 cm³/mol. The van der Waals surface area contributed by atoms with Gasteiger partial charge >= 0.3 is 0 Å². The molecule has 0 amide bonds. The van der Waals surface area contributed by atoms with E-state index >= 15 is 0 Å². The number of phenols is 2. The molecule has 2 aromatic carbocycles. The highest BCUT2D eigenvalue weighted by molar-refractivity contribution is 6.11. The van der Waals surface area contributed by atoms with Gasteiger partial charge < -0.3 is 10.2 Å². The molecule has 0 saturated carbocycles. The number of carbonyl (C=O) groups excluding carboxylic acids is 1. The molecule has 0 atom stereocenters. The number of rotatable bonds is 4. The first kappa shape index (κ1) is 20.0. The Labute approximate surface area is 156 Å². The zero-order chi connectivity index (χ0) is 19.9. The second kappa shape index (κ2) is 7.14. The van der Waals surface area contributed by atoms with Crippen LogP contribution in [0.4, 0.5) is 0 Å². The van der Waals surface area contributed by atoms with Crippen molar-refractivity contribution in [3.05, 3.63) is 56.6 Å². The highest BCUT2D eigenvalue weighted by Crippen LogP contribution is 2.37. The SMILES string of the molecule is Cc1c(C(=O)c2cc(O)c(C(C)C)c(C)c2C)cc(O)c(C(C)C)c1C. The molecular weight excluding hydrogens is 324 g/mol. The van der Waals surface area contributed by atoms with Gasteiger partial charge in [-0.3, -0.25) is 4.79 Å². The number of ketones is 1.